The number of alkyl halides is 5. The van der Waals surface area contributed by atoms with Crippen molar-refractivity contribution in [1.82, 2.24) is 4.98 Å². The molecule has 1 rings (SSSR count). The normalized spacial score (nSPS) is 11.4. The van der Waals surface area contributed by atoms with E-state index in [0.29, 0.717) is 6.20 Å². The molecule has 0 atom stereocenters. The van der Waals surface area contributed by atoms with Gasteiger partial charge in [-0.1, -0.05) is 0 Å². The number of carbonyl (C=O) groups is 1. The number of hydrogen-bond acceptors (Lipinski definition) is 6. The molecule has 128 valence electrons. The molecule has 0 saturated carbocycles. The molecule has 0 aliphatic rings. The number of rotatable bonds is 6. The average Bonchev–Trinajstić information content (AvgIpc) is 2.38. The van der Waals surface area contributed by atoms with E-state index in [1.54, 1.807) is 0 Å². The maximum Gasteiger partial charge on any atom is 0.573 e. The van der Waals surface area contributed by atoms with Gasteiger partial charge in [-0.05, 0) is 6.92 Å². The molecule has 0 aliphatic carbocycles. The average molecular weight is 344 g/mol. The van der Waals surface area contributed by atoms with Gasteiger partial charge in [-0.15, -0.1) is 13.2 Å². The summed E-state index contributed by atoms with van der Waals surface area (Å²) in [6.45, 7) is 1.31. The highest BCUT2D eigenvalue weighted by molar-refractivity contribution is 5.73. The van der Waals surface area contributed by atoms with Crippen LogP contribution in [0.5, 0.6) is 5.75 Å². The number of esters is 1. The van der Waals surface area contributed by atoms with E-state index in [-0.39, 0.29) is 6.61 Å². The fourth-order valence-corrected chi connectivity index (χ4v) is 1.60. The zero-order valence-electron chi connectivity index (χ0n) is 11.4. The highest BCUT2D eigenvalue weighted by Crippen LogP contribution is 2.40. The topological polar surface area (TPSA) is 91.6 Å². The van der Waals surface area contributed by atoms with Gasteiger partial charge in [0, 0.05) is 0 Å². The highest BCUT2D eigenvalue weighted by atomic mass is 19.4. The maximum absolute atomic E-state index is 13.0. The third-order valence-corrected chi connectivity index (χ3v) is 2.38. The van der Waals surface area contributed by atoms with Crippen LogP contribution in [0, 0.1) is 10.1 Å². The summed E-state index contributed by atoms with van der Waals surface area (Å²) in [6, 6.07) is 0. The molecule has 1 heterocycles. The van der Waals surface area contributed by atoms with Crippen molar-refractivity contribution < 1.29 is 41.1 Å². The minimum atomic E-state index is -5.41. The second-order valence-corrected chi connectivity index (χ2v) is 3.92. The first kappa shape index (κ1) is 18.5. The summed E-state index contributed by atoms with van der Waals surface area (Å²) >= 11 is 0. The summed E-state index contributed by atoms with van der Waals surface area (Å²) in [6.07, 6.45) is -9.66. The van der Waals surface area contributed by atoms with Crippen LogP contribution in [0.1, 0.15) is 24.6 Å². The number of nitro groups is 1. The molecule has 0 aromatic carbocycles. The number of ether oxygens (including phenoxy) is 2. The van der Waals surface area contributed by atoms with Gasteiger partial charge in [0.05, 0.1) is 23.6 Å². The molecule has 1 aromatic heterocycles. The van der Waals surface area contributed by atoms with Crippen molar-refractivity contribution in [2.75, 3.05) is 6.61 Å². The molecule has 0 N–H and O–H groups in total. The van der Waals surface area contributed by atoms with Gasteiger partial charge in [-0.3, -0.25) is 14.9 Å². The first-order valence-electron chi connectivity index (χ1n) is 5.92. The monoisotopic (exact) mass is 344 g/mol. The van der Waals surface area contributed by atoms with Crippen molar-refractivity contribution in [2.45, 2.75) is 26.1 Å². The Morgan fingerprint density at radius 2 is 2.04 bits per heavy atom. The van der Waals surface area contributed by atoms with Crippen molar-refractivity contribution in [3.63, 3.8) is 0 Å². The molecule has 0 saturated heterocycles. The lowest BCUT2D eigenvalue weighted by Crippen LogP contribution is -2.21. The summed E-state index contributed by atoms with van der Waals surface area (Å²) in [5.74, 6) is -2.63. The zero-order valence-corrected chi connectivity index (χ0v) is 11.4. The second-order valence-electron chi connectivity index (χ2n) is 3.92. The third-order valence-electron chi connectivity index (χ3n) is 2.38. The predicted molar refractivity (Wildman–Crippen MR) is 62.9 cm³/mol. The van der Waals surface area contributed by atoms with Gasteiger partial charge in [0.15, 0.2) is 5.75 Å². The van der Waals surface area contributed by atoms with Gasteiger partial charge in [0.1, 0.15) is 11.8 Å². The van der Waals surface area contributed by atoms with E-state index >= 15 is 0 Å². The van der Waals surface area contributed by atoms with Gasteiger partial charge in [0.25, 0.3) is 12.1 Å². The molecular weight excluding hydrogens is 335 g/mol. The third kappa shape index (κ3) is 5.00. The van der Waals surface area contributed by atoms with Crippen LogP contribution in [0.2, 0.25) is 0 Å². The first-order chi connectivity index (χ1) is 10.6. The minimum absolute atomic E-state index is 0.108. The van der Waals surface area contributed by atoms with Gasteiger partial charge < -0.3 is 9.47 Å². The fourth-order valence-electron chi connectivity index (χ4n) is 1.60. The van der Waals surface area contributed by atoms with E-state index in [4.69, 9.17) is 0 Å². The summed E-state index contributed by atoms with van der Waals surface area (Å²) in [5.41, 5.74) is -3.81. The highest BCUT2D eigenvalue weighted by Gasteiger charge is 2.39. The predicted octanol–water partition coefficient (Wildman–Crippen LogP) is 2.93. The molecule has 0 spiro atoms. The van der Waals surface area contributed by atoms with Crippen molar-refractivity contribution in [3.8, 4) is 5.75 Å². The van der Waals surface area contributed by atoms with Crippen molar-refractivity contribution in [2.24, 2.45) is 0 Å². The smallest absolute Gasteiger partial charge is 0.466 e. The standard InChI is InChI=1S/C11H9F5N2O5/c1-2-22-7(19)3-5-9(23-11(14,15)16)8(10(12)13)6(4-17-5)18(20)21/h4,10H,2-3H2,1H3. The van der Waals surface area contributed by atoms with Crippen molar-refractivity contribution >= 4 is 11.7 Å². The van der Waals surface area contributed by atoms with Crippen LogP contribution in [0.25, 0.3) is 0 Å². The number of hydrogen-bond donors (Lipinski definition) is 0. The number of halogens is 5. The summed E-state index contributed by atoms with van der Waals surface area (Å²) in [5, 5.41) is 10.7. The van der Waals surface area contributed by atoms with Gasteiger partial charge in [0.2, 0.25) is 0 Å². The van der Waals surface area contributed by atoms with Crippen LogP contribution in [0.4, 0.5) is 27.6 Å². The lowest BCUT2D eigenvalue weighted by Gasteiger charge is -2.16. The molecule has 0 aliphatic heterocycles. The molecular formula is C11H9F5N2O5. The Kier molecular flexibility index (Phi) is 5.76. The Labute approximate surface area is 125 Å². The lowest BCUT2D eigenvalue weighted by atomic mass is 10.1. The summed E-state index contributed by atoms with van der Waals surface area (Å²) in [7, 11) is 0. The second kappa shape index (κ2) is 7.15. The molecule has 0 radical (unpaired) electrons. The van der Waals surface area contributed by atoms with Gasteiger partial charge in [-0.2, -0.15) is 0 Å². The molecule has 0 bridgehead atoms. The van der Waals surface area contributed by atoms with Crippen molar-refractivity contribution in [1.29, 1.82) is 0 Å². The molecule has 7 nitrogen and oxygen atoms in total. The van der Waals surface area contributed by atoms with Crippen LogP contribution in [0.3, 0.4) is 0 Å². The van der Waals surface area contributed by atoms with Crippen LogP contribution in [-0.4, -0.2) is 28.8 Å². The van der Waals surface area contributed by atoms with E-state index in [2.05, 4.69) is 14.5 Å². The van der Waals surface area contributed by atoms with Crippen LogP contribution >= 0.6 is 0 Å². The lowest BCUT2D eigenvalue weighted by molar-refractivity contribution is -0.386. The van der Waals surface area contributed by atoms with Crippen LogP contribution in [-0.2, 0) is 16.0 Å². The van der Waals surface area contributed by atoms with Gasteiger partial charge >= 0.3 is 12.3 Å². The quantitative estimate of drug-likeness (QED) is 0.341. The maximum atomic E-state index is 13.0. The Bertz CT molecular complexity index is 605. The van der Waals surface area contributed by atoms with Gasteiger partial charge in [-0.25, -0.2) is 13.8 Å². The first-order valence-corrected chi connectivity index (χ1v) is 5.92. The Balaban J connectivity index is 3.47. The molecule has 23 heavy (non-hydrogen) atoms. The summed E-state index contributed by atoms with van der Waals surface area (Å²) < 4.78 is 71.1. The summed E-state index contributed by atoms with van der Waals surface area (Å²) in [4.78, 5) is 23.9. The minimum Gasteiger partial charge on any atom is -0.466 e. The number of nitrogens with zero attached hydrogens (tertiary/aromatic N) is 2. The molecule has 12 heteroatoms. The van der Waals surface area contributed by atoms with E-state index in [1.165, 1.54) is 6.92 Å². The Hall–Kier alpha value is -2.53. The molecule has 0 fully saturated rings. The largest absolute Gasteiger partial charge is 0.573 e. The Morgan fingerprint density at radius 3 is 2.48 bits per heavy atom. The van der Waals surface area contributed by atoms with E-state index < -0.39 is 52.8 Å². The van der Waals surface area contributed by atoms with E-state index in [9.17, 15) is 36.9 Å². The number of pyridine rings is 1. The molecule has 0 amide bonds. The van der Waals surface area contributed by atoms with E-state index in [1.807, 2.05) is 0 Å². The number of carbonyl (C=O) groups excluding carboxylic acids is 1. The fraction of sp³-hybridized carbons (Fsp3) is 0.455. The number of aromatic nitrogens is 1. The van der Waals surface area contributed by atoms with Crippen molar-refractivity contribution in [3.05, 3.63) is 27.6 Å². The van der Waals surface area contributed by atoms with E-state index in [0.717, 1.165) is 0 Å². The van der Waals surface area contributed by atoms with Crippen LogP contribution in [0.15, 0.2) is 6.20 Å². The zero-order chi connectivity index (χ0) is 17.8. The molecule has 0 unspecified atom stereocenters. The Morgan fingerprint density at radius 1 is 1.43 bits per heavy atom. The van der Waals surface area contributed by atoms with Crippen LogP contribution < -0.4 is 4.74 Å². The SMILES string of the molecule is CCOC(=O)Cc1ncc([N+](=O)[O-])c(C(F)F)c1OC(F)(F)F. The molecule has 1 aromatic rings.